The second-order valence-corrected chi connectivity index (χ2v) is 6.35. The average Bonchev–Trinajstić information content (AvgIpc) is 2.70. The summed E-state index contributed by atoms with van der Waals surface area (Å²) in [6.07, 6.45) is -3.45. The van der Waals surface area contributed by atoms with Crippen LogP contribution in [0.1, 0.15) is 30.9 Å². The second-order valence-electron chi connectivity index (χ2n) is 6.35. The molecule has 2 aromatic carbocycles. The predicted molar refractivity (Wildman–Crippen MR) is 108 cm³/mol. The van der Waals surface area contributed by atoms with Gasteiger partial charge >= 0.3 is 12.3 Å². The van der Waals surface area contributed by atoms with E-state index in [4.69, 9.17) is 14.2 Å². The van der Waals surface area contributed by atoms with Crippen LogP contribution in [0.2, 0.25) is 0 Å². The Morgan fingerprint density at radius 1 is 1.03 bits per heavy atom. The fourth-order valence-corrected chi connectivity index (χ4v) is 2.47. The molecule has 0 aliphatic rings. The van der Waals surface area contributed by atoms with Crippen LogP contribution < -0.4 is 14.2 Å². The maximum Gasteiger partial charge on any atom is 0.573 e. The molecule has 2 rings (SSSR count). The van der Waals surface area contributed by atoms with Crippen LogP contribution >= 0.6 is 0 Å². The van der Waals surface area contributed by atoms with Gasteiger partial charge in [0.05, 0.1) is 13.2 Å². The summed E-state index contributed by atoms with van der Waals surface area (Å²) in [5, 5.41) is 0. The Hall–Kier alpha value is -3.34. The third kappa shape index (κ3) is 9.34. The molecule has 0 bridgehead atoms. The first-order chi connectivity index (χ1) is 14.8. The number of unbranched alkanes of at least 4 members (excludes halogenated alkanes) is 1. The van der Waals surface area contributed by atoms with Gasteiger partial charge in [-0.25, -0.2) is 4.79 Å². The smallest absolute Gasteiger partial charge is 0.494 e. The van der Waals surface area contributed by atoms with Gasteiger partial charge in [0, 0.05) is 12.0 Å². The van der Waals surface area contributed by atoms with Crippen LogP contribution in [-0.2, 0) is 9.53 Å². The number of esters is 1. The van der Waals surface area contributed by atoms with Crippen molar-refractivity contribution in [3.63, 3.8) is 0 Å². The van der Waals surface area contributed by atoms with Crippen molar-refractivity contribution in [2.75, 3.05) is 19.8 Å². The zero-order chi connectivity index (χ0) is 22.7. The van der Waals surface area contributed by atoms with Crippen molar-refractivity contribution in [3.05, 3.63) is 53.6 Å². The number of carbonyl (C=O) groups excluding carboxylic acids is 1. The van der Waals surface area contributed by atoms with Crippen LogP contribution in [-0.4, -0.2) is 32.2 Å². The Kier molecular flexibility index (Phi) is 9.07. The molecule has 8 heteroatoms. The van der Waals surface area contributed by atoms with Gasteiger partial charge in [0.2, 0.25) is 0 Å². The fraction of sp³-hybridized carbons (Fsp3) is 0.348. The molecule has 0 amide bonds. The maximum absolute atomic E-state index is 12.1. The summed E-state index contributed by atoms with van der Waals surface area (Å²) in [7, 11) is 0. The molecule has 0 fully saturated rings. The van der Waals surface area contributed by atoms with E-state index >= 15 is 0 Å². The molecule has 0 aliphatic heterocycles. The number of hydrogen-bond acceptors (Lipinski definition) is 5. The third-order valence-corrected chi connectivity index (χ3v) is 3.83. The van der Waals surface area contributed by atoms with E-state index in [9.17, 15) is 18.0 Å². The third-order valence-electron chi connectivity index (χ3n) is 3.83. The van der Waals surface area contributed by atoms with Gasteiger partial charge in [0.1, 0.15) is 17.2 Å². The summed E-state index contributed by atoms with van der Waals surface area (Å²) in [5.41, 5.74) is 1.43. The van der Waals surface area contributed by atoms with Crippen molar-refractivity contribution in [2.45, 2.75) is 33.1 Å². The molecule has 0 spiro atoms. The second kappa shape index (κ2) is 11.7. The lowest BCUT2D eigenvalue weighted by molar-refractivity contribution is -0.274. The van der Waals surface area contributed by atoms with Crippen LogP contribution in [0.5, 0.6) is 17.2 Å². The minimum Gasteiger partial charge on any atom is -0.494 e. The summed E-state index contributed by atoms with van der Waals surface area (Å²) in [6.45, 7) is 4.20. The highest BCUT2D eigenvalue weighted by atomic mass is 19.4. The fourth-order valence-electron chi connectivity index (χ4n) is 2.47. The molecule has 0 atom stereocenters. The summed E-state index contributed by atoms with van der Waals surface area (Å²) in [5.74, 6) is 6.40. The normalized spacial score (nSPS) is 10.6. The van der Waals surface area contributed by atoms with E-state index in [1.54, 1.807) is 19.1 Å². The molecular weight excluding hydrogens is 413 g/mol. The van der Waals surface area contributed by atoms with Gasteiger partial charge in [-0.15, -0.1) is 13.2 Å². The molecule has 166 valence electrons. The molecule has 2 aromatic rings. The number of carbonyl (C=O) groups is 1. The van der Waals surface area contributed by atoms with E-state index in [-0.39, 0.29) is 12.4 Å². The minimum absolute atomic E-state index is 0.147. The zero-order valence-corrected chi connectivity index (χ0v) is 17.3. The number of ether oxygens (including phenoxy) is 4. The lowest BCUT2D eigenvalue weighted by Crippen LogP contribution is -2.16. The lowest BCUT2D eigenvalue weighted by Gasteiger charge is -2.11. The van der Waals surface area contributed by atoms with Crippen LogP contribution in [0.4, 0.5) is 13.2 Å². The van der Waals surface area contributed by atoms with Crippen LogP contribution in [0.3, 0.4) is 0 Å². The van der Waals surface area contributed by atoms with E-state index in [0.717, 1.165) is 5.56 Å². The Labute approximate surface area is 179 Å². The maximum atomic E-state index is 12.1. The number of benzene rings is 2. The molecule has 0 aliphatic carbocycles. The highest BCUT2D eigenvalue weighted by Crippen LogP contribution is 2.24. The summed E-state index contributed by atoms with van der Waals surface area (Å²) in [4.78, 5) is 11.3. The monoisotopic (exact) mass is 436 g/mol. The topological polar surface area (TPSA) is 54.0 Å². The molecule has 31 heavy (non-hydrogen) atoms. The van der Waals surface area contributed by atoms with Crippen molar-refractivity contribution in [1.29, 1.82) is 0 Å². The van der Waals surface area contributed by atoms with Gasteiger partial charge in [-0.3, -0.25) is 0 Å². The Morgan fingerprint density at radius 3 is 2.39 bits per heavy atom. The summed E-state index contributed by atoms with van der Waals surface area (Å²) >= 11 is 0. The quantitative estimate of drug-likeness (QED) is 0.313. The highest BCUT2D eigenvalue weighted by Gasteiger charge is 2.30. The van der Waals surface area contributed by atoms with Gasteiger partial charge in [0.25, 0.3) is 0 Å². The van der Waals surface area contributed by atoms with Crippen LogP contribution in [0, 0.1) is 18.8 Å². The first-order valence-corrected chi connectivity index (χ1v) is 9.63. The van der Waals surface area contributed by atoms with Crippen molar-refractivity contribution >= 4 is 5.97 Å². The number of hydrogen-bond donors (Lipinski definition) is 0. The van der Waals surface area contributed by atoms with Crippen molar-refractivity contribution < 1.29 is 36.9 Å². The molecule has 0 unspecified atom stereocenters. The number of alkyl halides is 3. The Balaban J connectivity index is 1.72. The van der Waals surface area contributed by atoms with E-state index in [1.165, 1.54) is 24.3 Å². The Bertz CT molecular complexity index is 912. The molecule has 0 saturated heterocycles. The number of halogens is 3. The molecule has 0 N–H and O–H groups in total. The van der Waals surface area contributed by atoms with Gasteiger partial charge in [-0.05, 0) is 68.3 Å². The Morgan fingerprint density at radius 2 is 1.74 bits per heavy atom. The minimum atomic E-state index is -4.71. The highest BCUT2D eigenvalue weighted by molar-refractivity contribution is 5.71. The summed E-state index contributed by atoms with van der Waals surface area (Å²) in [6, 6.07) is 10.7. The largest absolute Gasteiger partial charge is 0.573 e. The van der Waals surface area contributed by atoms with E-state index < -0.39 is 12.3 Å². The molecular formula is C23H23F3O5. The van der Waals surface area contributed by atoms with Crippen LogP contribution in [0.25, 0.3) is 0 Å². The van der Waals surface area contributed by atoms with Crippen molar-refractivity contribution in [3.8, 4) is 29.1 Å². The molecule has 0 saturated carbocycles. The number of rotatable bonds is 9. The van der Waals surface area contributed by atoms with Crippen molar-refractivity contribution in [1.82, 2.24) is 0 Å². The van der Waals surface area contributed by atoms with Crippen molar-refractivity contribution in [2.24, 2.45) is 0 Å². The zero-order valence-electron chi connectivity index (χ0n) is 17.3. The van der Waals surface area contributed by atoms with E-state index in [1.807, 2.05) is 13.0 Å². The number of aryl methyl sites for hydroxylation is 1. The van der Waals surface area contributed by atoms with E-state index in [0.29, 0.717) is 43.1 Å². The first kappa shape index (κ1) is 23.9. The van der Waals surface area contributed by atoms with Gasteiger partial charge in [-0.1, -0.05) is 11.8 Å². The SMILES string of the molecule is CCOC(=O)COc1ccc(OCCCC#Cc2ccc(OC(F)(F)F)cc2)cc1C. The molecule has 0 radical (unpaired) electrons. The average molecular weight is 436 g/mol. The van der Waals surface area contributed by atoms with Crippen LogP contribution in [0.15, 0.2) is 42.5 Å². The predicted octanol–water partition coefficient (Wildman–Crippen LogP) is 5.05. The van der Waals surface area contributed by atoms with E-state index in [2.05, 4.69) is 16.6 Å². The lowest BCUT2D eigenvalue weighted by atomic mass is 10.2. The molecule has 0 heterocycles. The first-order valence-electron chi connectivity index (χ1n) is 9.63. The standard InChI is InChI=1S/C23H23F3O5/c1-3-28-22(27)16-30-21-13-12-20(15-17(21)2)29-14-6-4-5-7-18-8-10-19(11-9-18)31-23(24,25)26/h8-13,15H,3-4,6,14,16H2,1-2H3. The van der Waals surface area contributed by atoms with Gasteiger partial charge in [0.15, 0.2) is 6.61 Å². The van der Waals surface area contributed by atoms with Gasteiger partial charge < -0.3 is 18.9 Å². The van der Waals surface area contributed by atoms with Gasteiger partial charge in [-0.2, -0.15) is 0 Å². The molecule has 0 aromatic heterocycles. The summed E-state index contributed by atoms with van der Waals surface area (Å²) < 4.78 is 56.1. The molecule has 5 nitrogen and oxygen atoms in total.